The van der Waals surface area contributed by atoms with Gasteiger partial charge in [0.2, 0.25) is 5.88 Å². The molecule has 0 radical (unpaired) electrons. The molecular formula is C20H20FN5O2. The van der Waals surface area contributed by atoms with E-state index >= 15 is 4.39 Å². The van der Waals surface area contributed by atoms with Crippen molar-refractivity contribution in [2.75, 3.05) is 18.9 Å². The fourth-order valence-electron chi connectivity index (χ4n) is 3.60. The quantitative estimate of drug-likeness (QED) is 0.729. The number of halogens is 1. The zero-order valence-corrected chi connectivity index (χ0v) is 15.2. The van der Waals surface area contributed by atoms with E-state index in [4.69, 9.17) is 15.2 Å². The van der Waals surface area contributed by atoms with E-state index in [1.165, 1.54) is 4.68 Å². The van der Waals surface area contributed by atoms with Crippen LogP contribution >= 0.6 is 0 Å². The van der Waals surface area contributed by atoms with Gasteiger partial charge in [-0.1, -0.05) is 30.3 Å². The van der Waals surface area contributed by atoms with Crippen LogP contribution in [0.3, 0.4) is 0 Å². The molecule has 1 saturated heterocycles. The van der Waals surface area contributed by atoms with Crippen molar-refractivity contribution < 1.29 is 13.9 Å². The molecule has 8 heteroatoms. The molecular weight excluding hydrogens is 361 g/mol. The second-order valence-corrected chi connectivity index (χ2v) is 6.83. The highest BCUT2D eigenvalue weighted by molar-refractivity contribution is 5.93. The van der Waals surface area contributed by atoms with E-state index in [2.05, 4.69) is 16.2 Å². The van der Waals surface area contributed by atoms with Crippen molar-refractivity contribution >= 4 is 16.7 Å². The highest BCUT2D eigenvalue weighted by atomic mass is 19.1. The molecule has 1 unspecified atom stereocenters. The van der Waals surface area contributed by atoms with Crippen molar-refractivity contribution in [3.8, 4) is 11.9 Å². The summed E-state index contributed by atoms with van der Waals surface area (Å²) in [4.78, 5) is 4.28. The summed E-state index contributed by atoms with van der Waals surface area (Å²) in [6, 6.07) is 13.5. The molecule has 0 bridgehead atoms. The van der Waals surface area contributed by atoms with Gasteiger partial charge in [0.05, 0.1) is 24.6 Å². The summed E-state index contributed by atoms with van der Waals surface area (Å²) < 4.78 is 27.9. The molecule has 2 aromatic heterocycles. The lowest BCUT2D eigenvalue weighted by molar-refractivity contribution is -0.0572. The molecule has 0 amide bonds. The van der Waals surface area contributed by atoms with Crippen LogP contribution in [0.15, 0.2) is 42.6 Å². The number of nitrogens with zero attached hydrogens (tertiary/aromatic N) is 4. The Kier molecular flexibility index (Phi) is 4.84. The van der Waals surface area contributed by atoms with Gasteiger partial charge in [0.15, 0.2) is 5.82 Å². The Hall–Kier alpha value is -3.18. The number of rotatable bonds is 5. The number of nitrogens with two attached hydrogens (primary N) is 1. The van der Waals surface area contributed by atoms with E-state index in [0.29, 0.717) is 30.0 Å². The molecule has 144 valence electrons. The van der Waals surface area contributed by atoms with Gasteiger partial charge in [0, 0.05) is 19.2 Å². The fraction of sp³-hybridized carbons (Fsp3) is 0.350. The Morgan fingerprint density at radius 1 is 1.36 bits per heavy atom. The number of anilines is 1. The minimum Gasteiger partial charge on any atom is -0.472 e. The van der Waals surface area contributed by atoms with Gasteiger partial charge in [0.1, 0.15) is 23.7 Å². The molecule has 28 heavy (non-hydrogen) atoms. The molecule has 1 fully saturated rings. The highest BCUT2D eigenvalue weighted by Crippen LogP contribution is 2.39. The Labute approximate surface area is 161 Å². The van der Waals surface area contributed by atoms with Gasteiger partial charge in [-0.2, -0.15) is 10.4 Å². The number of hydrogen-bond acceptors (Lipinski definition) is 6. The fourth-order valence-corrected chi connectivity index (χ4v) is 3.60. The largest absolute Gasteiger partial charge is 0.472 e. The van der Waals surface area contributed by atoms with Gasteiger partial charge in [-0.3, -0.25) is 4.68 Å². The van der Waals surface area contributed by atoms with Crippen molar-refractivity contribution in [1.82, 2.24) is 14.8 Å². The van der Waals surface area contributed by atoms with Crippen LogP contribution in [0.5, 0.6) is 5.88 Å². The lowest BCUT2D eigenvalue weighted by Crippen LogP contribution is -2.50. The van der Waals surface area contributed by atoms with Crippen molar-refractivity contribution in [1.29, 1.82) is 5.26 Å². The Bertz CT molecular complexity index is 1020. The van der Waals surface area contributed by atoms with E-state index in [0.717, 1.165) is 5.56 Å². The maximum Gasteiger partial charge on any atom is 0.227 e. The summed E-state index contributed by atoms with van der Waals surface area (Å²) in [5, 5.41) is 14.2. The number of nitriles is 1. The van der Waals surface area contributed by atoms with Crippen LogP contribution < -0.4 is 10.5 Å². The van der Waals surface area contributed by atoms with Gasteiger partial charge in [-0.15, -0.1) is 0 Å². The average molecular weight is 381 g/mol. The van der Waals surface area contributed by atoms with Crippen LogP contribution in [0.25, 0.3) is 10.9 Å². The third-order valence-corrected chi connectivity index (χ3v) is 5.06. The molecule has 4 rings (SSSR count). The average Bonchev–Trinajstić information content (AvgIpc) is 3.07. The molecule has 0 saturated carbocycles. The maximum atomic E-state index is 15.0. The number of aromatic nitrogens is 3. The number of ether oxygens (including phenoxy) is 2. The number of nitrogen functional groups attached to an aromatic ring is 1. The number of fused-ring (bicyclic) bond motifs is 1. The molecule has 2 N–H and O–H groups in total. The summed E-state index contributed by atoms with van der Waals surface area (Å²) in [5.41, 5.74) is 6.49. The standard InChI is InChI=1S/C20H20FN5O2/c21-16-7-11-27-13-20(16,8-9-22)26-15-6-10-24-19(17(15)18(23)25-26)28-12-14-4-2-1-3-5-14/h1-6,10,16H,7-8,11-13H2,(H2,23,25)/t16-,20?/m1/s1. The van der Waals surface area contributed by atoms with Crippen molar-refractivity contribution in [3.05, 3.63) is 48.2 Å². The highest BCUT2D eigenvalue weighted by Gasteiger charge is 2.46. The summed E-state index contributed by atoms with van der Waals surface area (Å²) in [7, 11) is 0. The third-order valence-electron chi connectivity index (χ3n) is 5.06. The lowest BCUT2D eigenvalue weighted by Gasteiger charge is -2.38. The zero-order valence-electron chi connectivity index (χ0n) is 15.2. The molecule has 1 aliphatic heterocycles. The van der Waals surface area contributed by atoms with Gasteiger partial charge in [-0.25, -0.2) is 9.37 Å². The smallest absolute Gasteiger partial charge is 0.227 e. The van der Waals surface area contributed by atoms with Gasteiger partial charge >= 0.3 is 0 Å². The second-order valence-electron chi connectivity index (χ2n) is 6.83. The van der Waals surface area contributed by atoms with E-state index in [9.17, 15) is 5.26 Å². The molecule has 7 nitrogen and oxygen atoms in total. The van der Waals surface area contributed by atoms with Gasteiger partial charge in [-0.05, 0) is 11.6 Å². The first-order valence-electron chi connectivity index (χ1n) is 9.05. The first-order chi connectivity index (χ1) is 13.7. The SMILES string of the molecule is N#CCC1(n2nc(N)c3c(OCc4ccccc4)nccc32)COCC[C@H]1F. The van der Waals surface area contributed by atoms with Crippen LogP contribution in [-0.4, -0.2) is 34.1 Å². The summed E-state index contributed by atoms with van der Waals surface area (Å²) >= 11 is 0. The van der Waals surface area contributed by atoms with E-state index in [1.807, 2.05) is 30.3 Å². The van der Waals surface area contributed by atoms with E-state index < -0.39 is 11.7 Å². The van der Waals surface area contributed by atoms with Gasteiger partial charge < -0.3 is 15.2 Å². The number of pyridine rings is 1. The van der Waals surface area contributed by atoms with Crippen LogP contribution in [0, 0.1) is 11.3 Å². The molecule has 3 heterocycles. The summed E-state index contributed by atoms with van der Waals surface area (Å²) in [5.74, 6) is 0.505. The zero-order chi connectivity index (χ0) is 19.6. The predicted octanol–water partition coefficient (Wildman–Crippen LogP) is 2.96. The van der Waals surface area contributed by atoms with Crippen LogP contribution in [0.1, 0.15) is 18.4 Å². The molecule has 0 aliphatic carbocycles. The predicted molar refractivity (Wildman–Crippen MR) is 101 cm³/mol. The summed E-state index contributed by atoms with van der Waals surface area (Å²) in [6.45, 7) is 0.687. The molecule has 0 spiro atoms. The van der Waals surface area contributed by atoms with Crippen molar-refractivity contribution in [2.24, 2.45) is 0 Å². The molecule has 2 atom stereocenters. The third kappa shape index (κ3) is 3.04. The monoisotopic (exact) mass is 381 g/mol. The van der Waals surface area contributed by atoms with Crippen LogP contribution in [0.2, 0.25) is 0 Å². The summed E-state index contributed by atoms with van der Waals surface area (Å²) in [6.07, 6.45) is 0.417. The van der Waals surface area contributed by atoms with E-state index in [1.54, 1.807) is 12.3 Å². The van der Waals surface area contributed by atoms with Crippen molar-refractivity contribution in [2.45, 2.75) is 31.2 Å². The van der Waals surface area contributed by atoms with Crippen molar-refractivity contribution in [3.63, 3.8) is 0 Å². The Morgan fingerprint density at radius 3 is 2.93 bits per heavy atom. The molecule has 1 aliphatic rings. The van der Waals surface area contributed by atoms with Crippen LogP contribution in [-0.2, 0) is 16.9 Å². The molecule has 3 aromatic rings. The molecule has 1 aromatic carbocycles. The van der Waals surface area contributed by atoms with Crippen LogP contribution in [0.4, 0.5) is 10.2 Å². The number of hydrogen-bond donors (Lipinski definition) is 1. The first kappa shape index (κ1) is 18.2. The topological polar surface area (TPSA) is 99.0 Å². The Morgan fingerprint density at radius 2 is 2.18 bits per heavy atom. The minimum atomic E-state index is -1.27. The normalized spacial score (nSPS) is 22.1. The van der Waals surface area contributed by atoms with Gasteiger partial charge in [0.25, 0.3) is 0 Å². The first-order valence-corrected chi connectivity index (χ1v) is 9.05. The lowest BCUT2D eigenvalue weighted by atomic mass is 9.87. The minimum absolute atomic E-state index is 0.0560. The second kappa shape index (κ2) is 7.44. The number of benzene rings is 1. The number of alkyl halides is 1. The maximum absolute atomic E-state index is 15.0. The Balaban J connectivity index is 1.76. The van der Waals surface area contributed by atoms with E-state index in [-0.39, 0.29) is 25.3 Å².